The average Bonchev–Trinajstić information content (AvgIpc) is 3.36. The molecule has 0 bridgehead atoms. The summed E-state index contributed by atoms with van der Waals surface area (Å²) in [6.45, 7) is 5.50. The molecule has 4 fully saturated rings. The Morgan fingerprint density at radius 3 is 2.24 bits per heavy atom. The highest BCUT2D eigenvalue weighted by Crippen LogP contribution is 2.50. The van der Waals surface area contributed by atoms with Crippen molar-refractivity contribution in [2.75, 3.05) is 32.8 Å². The predicted molar refractivity (Wildman–Crippen MR) is 91.8 cm³/mol. The van der Waals surface area contributed by atoms with Crippen molar-refractivity contribution < 1.29 is 19.1 Å². The molecule has 6 nitrogen and oxygen atoms in total. The third kappa shape index (κ3) is 2.97. The van der Waals surface area contributed by atoms with Crippen molar-refractivity contribution in [2.45, 2.75) is 70.1 Å². The highest BCUT2D eigenvalue weighted by atomic mass is 16.7. The van der Waals surface area contributed by atoms with E-state index in [-0.39, 0.29) is 11.8 Å². The molecular weight excluding hydrogens is 320 g/mol. The normalized spacial score (nSPS) is 30.5. The first-order chi connectivity index (χ1) is 12.1. The summed E-state index contributed by atoms with van der Waals surface area (Å²) in [4.78, 5) is 30.3. The summed E-state index contributed by atoms with van der Waals surface area (Å²) in [6.07, 6.45) is 7.17. The van der Waals surface area contributed by atoms with Gasteiger partial charge >= 0.3 is 0 Å². The Morgan fingerprint density at radius 2 is 1.64 bits per heavy atom. The molecule has 0 N–H and O–H groups in total. The number of carbonyl (C=O) groups excluding carboxylic acids is 2. The Hall–Kier alpha value is -1.14. The summed E-state index contributed by atoms with van der Waals surface area (Å²) in [5, 5.41) is 0. The summed E-state index contributed by atoms with van der Waals surface area (Å²) < 4.78 is 11.5. The van der Waals surface area contributed by atoms with Crippen molar-refractivity contribution in [3.63, 3.8) is 0 Å². The van der Waals surface area contributed by atoms with Crippen LogP contribution in [0.25, 0.3) is 0 Å². The molecule has 1 spiro atoms. The van der Waals surface area contributed by atoms with Crippen molar-refractivity contribution in [2.24, 2.45) is 5.41 Å². The maximum absolute atomic E-state index is 13.2. The smallest absolute Gasteiger partial charge is 0.238 e. The monoisotopic (exact) mass is 350 g/mol. The number of rotatable bonds is 3. The molecule has 0 aromatic carbocycles. The van der Waals surface area contributed by atoms with E-state index in [4.69, 9.17) is 9.47 Å². The van der Waals surface area contributed by atoms with Gasteiger partial charge in [-0.15, -0.1) is 0 Å². The lowest BCUT2D eigenvalue weighted by atomic mass is 9.94. The van der Waals surface area contributed by atoms with E-state index in [2.05, 4.69) is 6.92 Å². The second kappa shape index (κ2) is 6.54. The van der Waals surface area contributed by atoms with Crippen LogP contribution in [-0.2, 0) is 19.1 Å². The van der Waals surface area contributed by atoms with Crippen LogP contribution in [0.4, 0.5) is 0 Å². The number of nitrogens with zero attached hydrogens (tertiary/aromatic N) is 2. The first-order valence-electron chi connectivity index (χ1n) is 9.99. The van der Waals surface area contributed by atoms with Gasteiger partial charge < -0.3 is 19.3 Å². The quantitative estimate of drug-likeness (QED) is 0.730. The molecule has 25 heavy (non-hydrogen) atoms. The zero-order valence-electron chi connectivity index (χ0n) is 15.3. The highest BCUT2D eigenvalue weighted by molar-refractivity contribution is 6.08. The molecular formula is C19H30N2O4. The fraction of sp³-hybridized carbons (Fsp3) is 0.895. The molecule has 0 aromatic rings. The minimum Gasteiger partial charge on any atom is -0.347 e. The summed E-state index contributed by atoms with van der Waals surface area (Å²) in [5.41, 5.74) is -0.757. The van der Waals surface area contributed by atoms with E-state index in [1.807, 2.05) is 9.80 Å². The topological polar surface area (TPSA) is 59.1 Å². The Labute approximate surface area is 149 Å². The Morgan fingerprint density at radius 1 is 0.960 bits per heavy atom. The van der Waals surface area contributed by atoms with Crippen molar-refractivity contribution in [1.29, 1.82) is 0 Å². The lowest BCUT2D eigenvalue weighted by molar-refractivity contribution is -0.189. The number of ether oxygens (including phenoxy) is 2. The van der Waals surface area contributed by atoms with Gasteiger partial charge in [0.2, 0.25) is 11.8 Å². The number of hydrogen-bond donors (Lipinski definition) is 0. The van der Waals surface area contributed by atoms with Gasteiger partial charge in [-0.05, 0) is 38.5 Å². The molecule has 0 radical (unpaired) electrons. The van der Waals surface area contributed by atoms with Crippen LogP contribution in [0, 0.1) is 5.41 Å². The summed E-state index contributed by atoms with van der Waals surface area (Å²) >= 11 is 0. The van der Waals surface area contributed by atoms with Crippen LogP contribution in [0.2, 0.25) is 0 Å². The Kier molecular flexibility index (Phi) is 4.52. The lowest BCUT2D eigenvalue weighted by Crippen LogP contribution is -2.54. The van der Waals surface area contributed by atoms with E-state index in [9.17, 15) is 9.59 Å². The van der Waals surface area contributed by atoms with E-state index in [1.165, 1.54) is 6.42 Å². The molecule has 6 heteroatoms. The lowest BCUT2D eigenvalue weighted by Gasteiger charge is -2.41. The molecule has 1 aliphatic carbocycles. The number of likely N-dealkylation sites (tertiary alicyclic amines) is 2. The van der Waals surface area contributed by atoms with Gasteiger partial charge in [0, 0.05) is 38.5 Å². The van der Waals surface area contributed by atoms with Crippen molar-refractivity contribution in [3.8, 4) is 0 Å². The van der Waals surface area contributed by atoms with Gasteiger partial charge in [-0.25, -0.2) is 0 Å². The third-order valence-electron chi connectivity index (χ3n) is 6.55. The largest absolute Gasteiger partial charge is 0.347 e. The molecule has 140 valence electrons. The minimum absolute atomic E-state index is 0.0470. The van der Waals surface area contributed by atoms with E-state index in [0.717, 1.165) is 25.8 Å². The second-order valence-electron chi connectivity index (χ2n) is 8.04. The van der Waals surface area contributed by atoms with Crippen LogP contribution >= 0.6 is 0 Å². The summed E-state index contributed by atoms with van der Waals surface area (Å²) in [7, 11) is 0. The van der Waals surface area contributed by atoms with E-state index >= 15 is 0 Å². The van der Waals surface area contributed by atoms with Gasteiger partial charge in [-0.1, -0.05) is 6.92 Å². The van der Waals surface area contributed by atoms with Crippen LogP contribution in [0.1, 0.15) is 58.3 Å². The predicted octanol–water partition coefficient (Wildman–Crippen LogP) is 1.92. The van der Waals surface area contributed by atoms with Crippen LogP contribution < -0.4 is 0 Å². The summed E-state index contributed by atoms with van der Waals surface area (Å²) in [5.74, 6) is -0.332. The van der Waals surface area contributed by atoms with Gasteiger partial charge in [0.05, 0.1) is 13.2 Å². The molecule has 4 aliphatic rings. The van der Waals surface area contributed by atoms with Gasteiger partial charge in [0.15, 0.2) is 5.79 Å². The molecule has 0 aromatic heterocycles. The maximum atomic E-state index is 13.2. The standard InChI is InChI=1S/C19H30N2O4/c1-2-15-5-3-4-10-21(15)17(23)18(6-7-18)16(22)20-11-8-19(9-12-20)24-13-14-25-19/h15H,2-14H2,1H3. The molecule has 3 heterocycles. The van der Waals surface area contributed by atoms with Gasteiger partial charge in [-0.2, -0.15) is 0 Å². The van der Waals surface area contributed by atoms with Crippen LogP contribution in [0.15, 0.2) is 0 Å². The van der Waals surface area contributed by atoms with Crippen molar-refractivity contribution in [3.05, 3.63) is 0 Å². The molecule has 1 saturated carbocycles. The fourth-order valence-electron chi connectivity index (χ4n) is 4.75. The molecule has 3 aliphatic heterocycles. The Bertz CT molecular complexity index is 530. The highest BCUT2D eigenvalue weighted by Gasteiger charge is 2.60. The fourth-order valence-corrected chi connectivity index (χ4v) is 4.75. The Balaban J connectivity index is 1.42. The van der Waals surface area contributed by atoms with Crippen LogP contribution in [0.5, 0.6) is 0 Å². The van der Waals surface area contributed by atoms with Gasteiger partial charge in [0.1, 0.15) is 5.41 Å². The van der Waals surface area contributed by atoms with Crippen LogP contribution in [0.3, 0.4) is 0 Å². The van der Waals surface area contributed by atoms with Crippen molar-refractivity contribution in [1.82, 2.24) is 9.80 Å². The first-order valence-corrected chi connectivity index (χ1v) is 9.99. The zero-order valence-corrected chi connectivity index (χ0v) is 15.3. The van der Waals surface area contributed by atoms with Gasteiger partial charge in [0.25, 0.3) is 0 Å². The van der Waals surface area contributed by atoms with Gasteiger partial charge in [-0.3, -0.25) is 9.59 Å². The van der Waals surface area contributed by atoms with E-state index in [0.29, 0.717) is 58.0 Å². The molecule has 1 atom stereocenters. The second-order valence-corrected chi connectivity index (χ2v) is 8.04. The third-order valence-corrected chi connectivity index (χ3v) is 6.55. The number of carbonyl (C=O) groups is 2. The molecule has 2 amide bonds. The average molecular weight is 350 g/mol. The maximum Gasteiger partial charge on any atom is 0.238 e. The first kappa shape index (κ1) is 17.3. The van der Waals surface area contributed by atoms with E-state index < -0.39 is 11.2 Å². The number of amides is 2. The SMILES string of the molecule is CCC1CCCCN1C(=O)C1(C(=O)N2CCC3(CC2)OCCO3)CC1. The number of piperidine rings is 2. The van der Waals surface area contributed by atoms with E-state index in [1.54, 1.807) is 0 Å². The molecule has 3 saturated heterocycles. The summed E-state index contributed by atoms with van der Waals surface area (Å²) in [6, 6.07) is 0.316. The minimum atomic E-state index is -0.757. The van der Waals surface area contributed by atoms with Crippen LogP contribution in [-0.4, -0.2) is 66.3 Å². The molecule has 1 unspecified atom stereocenters. The molecule has 4 rings (SSSR count). The van der Waals surface area contributed by atoms with Crippen molar-refractivity contribution >= 4 is 11.8 Å². The number of hydrogen-bond acceptors (Lipinski definition) is 4. The zero-order chi connectivity index (χ0) is 17.5.